The Labute approximate surface area is 107 Å². The fourth-order valence-corrected chi connectivity index (χ4v) is 2.90. The van der Waals surface area contributed by atoms with Gasteiger partial charge in [0.25, 0.3) is 0 Å². The van der Waals surface area contributed by atoms with Crippen molar-refractivity contribution >= 4 is 11.9 Å². The lowest BCUT2D eigenvalue weighted by Gasteiger charge is -2.52. The number of nitrogens with one attached hydrogen (secondary N) is 1. The number of carbonyl (C=O) groups excluding carboxylic acids is 1. The van der Waals surface area contributed by atoms with Gasteiger partial charge in [-0.2, -0.15) is 0 Å². The highest BCUT2D eigenvalue weighted by atomic mass is 16.5. The zero-order valence-corrected chi connectivity index (χ0v) is 11.2. The molecule has 2 rings (SSSR count). The average molecular weight is 255 g/mol. The Morgan fingerprint density at radius 3 is 2.28 bits per heavy atom. The van der Waals surface area contributed by atoms with Gasteiger partial charge >= 0.3 is 5.97 Å². The lowest BCUT2D eigenvalue weighted by Crippen LogP contribution is -2.65. The van der Waals surface area contributed by atoms with Crippen LogP contribution < -0.4 is 5.32 Å². The molecule has 2 fully saturated rings. The molecule has 0 saturated heterocycles. The van der Waals surface area contributed by atoms with Crippen LogP contribution in [0.3, 0.4) is 0 Å². The number of hydrogen-bond donors (Lipinski definition) is 2. The zero-order valence-electron chi connectivity index (χ0n) is 11.2. The lowest BCUT2D eigenvalue weighted by atomic mass is 9.63. The van der Waals surface area contributed by atoms with Crippen LogP contribution in [-0.2, 0) is 14.3 Å². The third-order valence-corrected chi connectivity index (χ3v) is 4.82. The van der Waals surface area contributed by atoms with E-state index in [1.54, 1.807) is 7.11 Å². The Bertz CT molecular complexity index is 373. The topological polar surface area (TPSA) is 75.6 Å². The summed E-state index contributed by atoms with van der Waals surface area (Å²) in [6.45, 7) is 4.06. The van der Waals surface area contributed by atoms with E-state index in [1.807, 2.05) is 13.8 Å². The molecule has 0 aromatic rings. The molecule has 2 atom stereocenters. The summed E-state index contributed by atoms with van der Waals surface area (Å²) in [6.07, 6.45) is 2.61. The van der Waals surface area contributed by atoms with E-state index >= 15 is 0 Å². The maximum atomic E-state index is 12.1. The summed E-state index contributed by atoms with van der Waals surface area (Å²) in [7, 11) is 1.66. The van der Waals surface area contributed by atoms with Gasteiger partial charge in [-0.1, -0.05) is 20.3 Å². The van der Waals surface area contributed by atoms with E-state index in [1.165, 1.54) is 0 Å². The van der Waals surface area contributed by atoms with E-state index < -0.39 is 11.4 Å². The van der Waals surface area contributed by atoms with Crippen molar-refractivity contribution in [2.75, 3.05) is 7.11 Å². The molecule has 0 spiro atoms. The first kappa shape index (κ1) is 13.3. The van der Waals surface area contributed by atoms with E-state index in [9.17, 15) is 14.7 Å². The quantitative estimate of drug-likeness (QED) is 0.739. The van der Waals surface area contributed by atoms with Crippen LogP contribution in [0.15, 0.2) is 0 Å². The fraction of sp³-hybridized carbons (Fsp3) is 0.846. The van der Waals surface area contributed by atoms with Gasteiger partial charge < -0.3 is 15.2 Å². The minimum absolute atomic E-state index is 0.00627. The third-order valence-electron chi connectivity index (χ3n) is 4.82. The second-order valence-corrected chi connectivity index (χ2v) is 6.05. The van der Waals surface area contributed by atoms with Gasteiger partial charge in [0.05, 0.1) is 6.10 Å². The Morgan fingerprint density at radius 2 is 1.94 bits per heavy atom. The molecule has 5 nitrogen and oxygen atoms in total. The van der Waals surface area contributed by atoms with Crippen LogP contribution in [0.5, 0.6) is 0 Å². The highest BCUT2D eigenvalue weighted by Crippen LogP contribution is 2.45. The van der Waals surface area contributed by atoms with E-state index in [4.69, 9.17) is 4.74 Å². The van der Waals surface area contributed by atoms with Crippen LogP contribution >= 0.6 is 0 Å². The van der Waals surface area contributed by atoms with Crippen LogP contribution in [0.2, 0.25) is 0 Å². The van der Waals surface area contributed by atoms with E-state index in [2.05, 4.69) is 5.32 Å². The summed E-state index contributed by atoms with van der Waals surface area (Å²) in [4.78, 5) is 23.4. The standard InChI is InChI=1S/C13H21NO4/c1-12(2)8(7-9(12)18-3)14-10(15)13(11(16)17)5-4-6-13/h8-9H,4-7H2,1-3H3,(H,14,15)(H,16,17). The molecule has 2 unspecified atom stereocenters. The van der Waals surface area contributed by atoms with Crippen LogP contribution in [0.25, 0.3) is 0 Å². The molecule has 0 radical (unpaired) electrons. The number of hydrogen-bond acceptors (Lipinski definition) is 3. The number of carboxylic acid groups (broad SMARTS) is 1. The van der Waals surface area contributed by atoms with Crippen LogP contribution in [-0.4, -0.2) is 36.2 Å². The van der Waals surface area contributed by atoms with Crippen LogP contribution in [0.4, 0.5) is 0 Å². The SMILES string of the molecule is COC1CC(NC(=O)C2(C(=O)O)CCC2)C1(C)C. The molecular weight excluding hydrogens is 234 g/mol. The third kappa shape index (κ3) is 1.72. The molecule has 0 aromatic carbocycles. The Morgan fingerprint density at radius 1 is 1.33 bits per heavy atom. The van der Waals surface area contributed by atoms with Crippen LogP contribution in [0, 0.1) is 10.8 Å². The summed E-state index contributed by atoms with van der Waals surface area (Å²) in [5.74, 6) is -1.32. The fourth-order valence-electron chi connectivity index (χ4n) is 2.90. The highest BCUT2D eigenvalue weighted by molar-refractivity contribution is 6.03. The number of aliphatic carboxylic acids is 1. The summed E-state index contributed by atoms with van der Waals surface area (Å²) in [5.41, 5.74) is -1.30. The first-order valence-electron chi connectivity index (χ1n) is 6.42. The minimum Gasteiger partial charge on any atom is -0.480 e. The highest BCUT2D eigenvalue weighted by Gasteiger charge is 2.55. The van der Waals surface area contributed by atoms with Crippen molar-refractivity contribution in [3.8, 4) is 0 Å². The largest absolute Gasteiger partial charge is 0.480 e. The molecule has 2 N–H and O–H groups in total. The van der Waals surface area contributed by atoms with Gasteiger partial charge in [-0.25, -0.2) is 0 Å². The number of rotatable bonds is 4. The van der Waals surface area contributed by atoms with Crippen molar-refractivity contribution in [3.63, 3.8) is 0 Å². The molecule has 18 heavy (non-hydrogen) atoms. The van der Waals surface area contributed by atoms with Gasteiger partial charge in [-0.15, -0.1) is 0 Å². The predicted octanol–water partition coefficient (Wildman–Crippen LogP) is 1.17. The maximum Gasteiger partial charge on any atom is 0.319 e. The molecule has 1 amide bonds. The van der Waals surface area contributed by atoms with Gasteiger partial charge in [0.1, 0.15) is 5.41 Å². The Kier molecular flexibility index (Phi) is 3.13. The summed E-state index contributed by atoms with van der Waals surface area (Å²) >= 11 is 0. The van der Waals surface area contributed by atoms with Crippen molar-refractivity contribution in [3.05, 3.63) is 0 Å². The lowest BCUT2D eigenvalue weighted by molar-refractivity contribution is -0.165. The minimum atomic E-state index is -1.17. The van der Waals surface area contributed by atoms with Gasteiger partial charge in [-0.05, 0) is 19.3 Å². The van der Waals surface area contributed by atoms with Crippen molar-refractivity contribution in [2.45, 2.75) is 51.7 Å². The smallest absolute Gasteiger partial charge is 0.319 e. The van der Waals surface area contributed by atoms with Crippen LogP contribution in [0.1, 0.15) is 39.5 Å². The van der Waals surface area contributed by atoms with Gasteiger partial charge in [-0.3, -0.25) is 9.59 Å². The first-order chi connectivity index (χ1) is 8.34. The van der Waals surface area contributed by atoms with Crippen molar-refractivity contribution in [1.82, 2.24) is 5.32 Å². The second kappa shape index (κ2) is 4.23. The monoisotopic (exact) mass is 255 g/mol. The molecule has 5 heteroatoms. The normalized spacial score (nSPS) is 31.9. The molecule has 2 saturated carbocycles. The molecular formula is C13H21NO4. The molecule has 0 aromatic heterocycles. The second-order valence-electron chi connectivity index (χ2n) is 6.05. The number of carbonyl (C=O) groups is 2. The van der Waals surface area contributed by atoms with Gasteiger partial charge in [0.15, 0.2) is 0 Å². The molecule has 102 valence electrons. The molecule has 2 aliphatic carbocycles. The first-order valence-corrected chi connectivity index (χ1v) is 6.42. The average Bonchev–Trinajstić information content (AvgIpc) is 2.21. The summed E-state index contributed by atoms with van der Waals surface area (Å²) in [5, 5.41) is 12.1. The van der Waals surface area contributed by atoms with Gasteiger partial charge in [0.2, 0.25) is 5.91 Å². The summed E-state index contributed by atoms with van der Waals surface area (Å²) in [6, 6.07) is 0.00627. The van der Waals surface area contributed by atoms with Crippen molar-refractivity contribution in [1.29, 1.82) is 0 Å². The number of amides is 1. The van der Waals surface area contributed by atoms with Gasteiger partial charge in [0, 0.05) is 18.6 Å². The predicted molar refractivity (Wildman–Crippen MR) is 65.0 cm³/mol. The zero-order chi connectivity index (χ0) is 13.6. The Hall–Kier alpha value is -1.10. The van der Waals surface area contributed by atoms with E-state index in [0.717, 1.165) is 12.8 Å². The van der Waals surface area contributed by atoms with Crippen molar-refractivity contribution < 1.29 is 19.4 Å². The Balaban J connectivity index is 1.99. The molecule has 2 aliphatic rings. The number of carboxylic acids is 1. The molecule has 0 bridgehead atoms. The van der Waals surface area contributed by atoms with Crippen molar-refractivity contribution in [2.24, 2.45) is 10.8 Å². The van der Waals surface area contributed by atoms with E-state index in [-0.39, 0.29) is 23.5 Å². The summed E-state index contributed by atoms with van der Waals surface area (Å²) < 4.78 is 5.32. The number of methoxy groups -OCH3 is 1. The maximum absolute atomic E-state index is 12.1. The molecule has 0 aliphatic heterocycles. The van der Waals surface area contributed by atoms with E-state index in [0.29, 0.717) is 12.8 Å². The molecule has 0 heterocycles. The number of ether oxygens (including phenoxy) is 1.